The first-order valence-corrected chi connectivity index (χ1v) is 8.30. The highest BCUT2D eigenvalue weighted by atomic mass is 16.5. The summed E-state index contributed by atoms with van der Waals surface area (Å²) in [6.45, 7) is 7.46. The van der Waals surface area contributed by atoms with Crippen LogP contribution < -0.4 is 9.64 Å². The van der Waals surface area contributed by atoms with E-state index in [4.69, 9.17) is 4.74 Å². The lowest BCUT2D eigenvalue weighted by molar-refractivity contribution is 0.0773. The van der Waals surface area contributed by atoms with Gasteiger partial charge in [-0.15, -0.1) is 0 Å². The second kappa shape index (κ2) is 7.86. The van der Waals surface area contributed by atoms with Crippen LogP contribution in [0.2, 0.25) is 0 Å². The molecule has 24 heavy (non-hydrogen) atoms. The predicted octanol–water partition coefficient (Wildman–Crippen LogP) is 4.25. The molecule has 0 atom stereocenters. The first kappa shape index (κ1) is 17.9. The second-order valence-electron chi connectivity index (χ2n) is 5.71. The molecular formula is C20H26N2O2. The molecule has 0 fully saturated rings. The maximum Gasteiger partial charge on any atom is 0.255 e. The molecule has 128 valence electrons. The maximum absolute atomic E-state index is 12.8. The molecule has 2 aromatic rings. The number of carbonyl (C=O) groups is 1. The smallest absolute Gasteiger partial charge is 0.255 e. The molecule has 0 unspecified atom stereocenters. The minimum Gasteiger partial charge on any atom is -0.497 e. The Hall–Kier alpha value is -2.49. The summed E-state index contributed by atoms with van der Waals surface area (Å²) in [7, 11) is 3.64. The number of anilines is 2. The highest BCUT2D eigenvalue weighted by Crippen LogP contribution is 2.32. The zero-order valence-corrected chi connectivity index (χ0v) is 15.2. The molecule has 0 saturated heterocycles. The van der Waals surface area contributed by atoms with E-state index >= 15 is 0 Å². The number of rotatable bonds is 6. The monoisotopic (exact) mass is 326 g/mol. The van der Waals surface area contributed by atoms with Crippen LogP contribution in [-0.2, 0) is 0 Å². The third-order valence-electron chi connectivity index (χ3n) is 4.32. The van der Waals surface area contributed by atoms with Gasteiger partial charge >= 0.3 is 0 Å². The van der Waals surface area contributed by atoms with Crippen molar-refractivity contribution >= 4 is 17.3 Å². The van der Waals surface area contributed by atoms with Crippen LogP contribution >= 0.6 is 0 Å². The van der Waals surface area contributed by atoms with E-state index in [1.165, 1.54) is 0 Å². The van der Waals surface area contributed by atoms with Crippen LogP contribution in [-0.4, -0.2) is 38.1 Å². The number of ether oxygens (including phenoxy) is 1. The van der Waals surface area contributed by atoms with Crippen LogP contribution in [0.1, 0.15) is 29.8 Å². The lowest BCUT2D eigenvalue weighted by Crippen LogP contribution is -2.31. The number of amides is 1. The van der Waals surface area contributed by atoms with Gasteiger partial charge in [0.2, 0.25) is 0 Å². The van der Waals surface area contributed by atoms with E-state index in [2.05, 4.69) is 11.8 Å². The van der Waals surface area contributed by atoms with Crippen LogP contribution in [0.25, 0.3) is 0 Å². The van der Waals surface area contributed by atoms with Gasteiger partial charge < -0.3 is 14.5 Å². The van der Waals surface area contributed by atoms with E-state index in [9.17, 15) is 4.79 Å². The first-order valence-electron chi connectivity index (χ1n) is 8.30. The molecule has 1 amide bonds. The van der Waals surface area contributed by atoms with Gasteiger partial charge in [-0.1, -0.05) is 18.2 Å². The Morgan fingerprint density at radius 3 is 2.33 bits per heavy atom. The van der Waals surface area contributed by atoms with Crippen molar-refractivity contribution in [2.24, 2.45) is 0 Å². The van der Waals surface area contributed by atoms with Crippen molar-refractivity contribution in [3.63, 3.8) is 0 Å². The van der Waals surface area contributed by atoms with Crippen LogP contribution in [0.15, 0.2) is 42.5 Å². The largest absolute Gasteiger partial charge is 0.497 e. The summed E-state index contributed by atoms with van der Waals surface area (Å²) in [6, 6.07) is 13.7. The van der Waals surface area contributed by atoms with Crippen LogP contribution in [0.5, 0.6) is 5.75 Å². The molecular weight excluding hydrogens is 300 g/mol. The minimum atomic E-state index is 0.0583. The standard InChI is InChI=1S/C20H26N2O2/c1-6-22(7-2)20(23)17-10-8-9-11-18(17)21(4)19-14-16(24-5)13-12-15(19)3/h8-14H,6-7H2,1-5H3. The molecule has 2 aromatic carbocycles. The molecule has 0 aliphatic rings. The summed E-state index contributed by atoms with van der Waals surface area (Å²) in [4.78, 5) is 16.7. The number of aryl methyl sites for hydroxylation is 1. The Balaban J connectivity index is 2.48. The van der Waals surface area contributed by atoms with Crippen LogP contribution in [0, 0.1) is 6.92 Å². The normalized spacial score (nSPS) is 10.4. The molecule has 0 radical (unpaired) electrons. The van der Waals surface area contributed by atoms with Gasteiger partial charge in [0.1, 0.15) is 5.75 Å². The summed E-state index contributed by atoms with van der Waals surface area (Å²) >= 11 is 0. The lowest BCUT2D eigenvalue weighted by Gasteiger charge is -2.26. The molecule has 0 aliphatic carbocycles. The number of carbonyl (C=O) groups excluding carboxylic acids is 1. The van der Waals surface area contributed by atoms with Gasteiger partial charge in [0.25, 0.3) is 5.91 Å². The lowest BCUT2D eigenvalue weighted by atomic mass is 10.1. The fourth-order valence-electron chi connectivity index (χ4n) is 2.84. The Morgan fingerprint density at radius 1 is 1.04 bits per heavy atom. The maximum atomic E-state index is 12.8. The van der Waals surface area contributed by atoms with Crippen molar-refractivity contribution in [1.29, 1.82) is 0 Å². The van der Waals surface area contributed by atoms with Gasteiger partial charge in [0, 0.05) is 31.9 Å². The van der Waals surface area contributed by atoms with E-state index in [-0.39, 0.29) is 5.91 Å². The third kappa shape index (κ3) is 3.53. The molecule has 0 spiro atoms. The van der Waals surface area contributed by atoms with E-state index < -0.39 is 0 Å². The SMILES string of the molecule is CCN(CC)C(=O)c1ccccc1N(C)c1cc(OC)ccc1C. The molecule has 0 heterocycles. The fraction of sp³-hybridized carbons (Fsp3) is 0.350. The molecule has 4 nitrogen and oxygen atoms in total. The zero-order chi connectivity index (χ0) is 17.7. The number of para-hydroxylation sites is 1. The van der Waals surface area contributed by atoms with Gasteiger partial charge in [0.15, 0.2) is 0 Å². The van der Waals surface area contributed by atoms with Crippen molar-refractivity contribution in [3.8, 4) is 5.75 Å². The average Bonchev–Trinajstić information content (AvgIpc) is 2.62. The van der Waals surface area contributed by atoms with Gasteiger partial charge in [-0.05, 0) is 44.5 Å². The van der Waals surface area contributed by atoms with Gasteiger partial charge in [0.05, 0.1) is 18.4 Å². The number of nitrogens with zero attached hydrogens (tertiary/aromatic N) is 2. The van der Waals surface area contributed by atoms with E-state index in [0.717, 1.165) is 22.7 Å². The predicted molar refractivity (Wildman–Crippen MR) is 99.5 cm³/mol. The molecule has 0 aliphatic heterocycles. The molecule has 2 rings (SSSR count). The Kier molecular flexibility index (Phi) is 5.85. The number of benzene rings is 2. The van der Waals surface area contributed by atoms with Crippen molar-refractivity contribution in [2.75, 3.05) is 32.1 Å². The van der Waals surface area contributed by atoms with Crippen molar-refractivity contribution < 1.29 is 9.53 Å². The highest BCUT2D eigenvalue weighted by molar-refractivity contribution is 6.00. The van der Waals surface area contributed by atoms with Crippen molar-refractivity contribution in [3.05, 3.63) is 53.6 Å². The van der Waals surface area contributed by atoms with Gasteiger partial charge in [-0.3, -0.25) is 4.79 Å². The molecule has 0 saturated carbocycles. The number of methoxy groups -OCH3 is 1. The summed E-state index contributed by atoms with van der Waals surface area (Å²) in [5.41, 5.74) is 3.76. The quantitative estimate of drug-likeness (QED) is 0.795. The van der Waals surface area contributed by atoms with Crippen LogP contribution in [0.4, 0.5) is 11.4 Å². The van der Waals surface area contributed by atoms with E-state index in [1.807, 2.05) is 68.3 Å². The van der Waals surface area contributed by atoms with E-state index in [0.29, 0.717) is 18.7 Å². The number of hydrogen-bond acceptors (Lipinski definition) is 3. The van der Waals surface area contributed by atoms with Crippen LogP contribution in [0.3, 0.4) is 0 Å². The minimum absolute atomic E-state index is 0.0583. The van der Waals surface area contributed by atoms with Crippen molar-refractivity contribution in [2.45, 2.75) is 20.8 Å². The summed E-state index contributed by atoms with van der Waals surface area (Å²) in [6.07, 6.45) is 0. The Labute approximate surface area is 144 Å². The fourth-order valence-corrected chi connectivity index (χ4v) is 2.84. The summed E-state index contributed by atoms with van der Waals surface area (Å²) in [5, 5.41) is 0. The number of hydrogen-bond donors (Lipinski definition) is 0. The topological polar surface area (TPSA) is 32.8 Å². The Bertz CT molecular complexity index is 709. The van der Waals surface area contributed by atoms with Crippen molar-refractivity contribution in [1.82, 2.24) is 4.90 Å². The highest BCUT2D eigenvalue weighted by Gasteiger charge is 2.19. The molecule has 0 bridgehead atoms. The van der Waals surface area contributed by atoms with E-state index in [1.54, 1.807) is 7.11 Å². The second-order valence-corrected chi connectivity index (χ2v) is 5.71. The molecule has 0 aromatic heterocycles. The Morgan fingerprint density at radius 2 is 1.71 bits per heavy atom. The van der Waals surface area contributed by atoms with Gasteiger partial charge in [-0.2, -0.15) is 0 Å². The molecule has 0 N–H and O–H groups in total. The third-order valence-corrected chi connectivity index (χ3v) is 4.32. The first-order chi connectivity index (χ1) is 11.5. The summed E-state index contributed by atoms with van der Waals surface area (Å²) in [5.74, 6) is 0.859. The summed E-state index contributed by atoms with van der Waals surface area (Å²) < 4.78 is 5.34. The zero-order valence-electron chi connectivity index (χ0n) is 15.2. The van der Waals surface area contributed by atoms with Gasteiger partial charge in [-0.25, -0.2) is 0 Å². The molecule has 4 heteroatoms. The average molecular weight is 326 g/mol.